The summed E-state index contributed by atoms with van der Waals surface area (Å²) in [6.07, 6.45) is 5.27. The molecule has 0 aromatic carbocycles. The van der Waals surface area contributed by atoms with Gasteiger partial charge in [0.1, 0.15) is 0 Å². The molecule has 0 heterocycles. The van der Waals surface area contributed by atoms with Gasteiger partial charge >= 0.3 is 8.25 Å². The Kier molecular flexibility index (Phi) is 16.9. The molecule has 1 unspecified atom stereocenters. The minimum Gasteiger partial charge on any atom is -0.311 e. The quantitative estimate of drug-likeness (QED) is 0.367. The van der Waals surface area contributed by atoms with Crippen molar-refractivity contribution in [3.05, 3.63) is 0 Å². The van der Waals surface area contributed by atoms with E-state index in [0.29, 0.717) is 13.2 Å². The van der Waals surface area contributed by atoms with Crippen LogP contribution >= 0.6 is 8.25 Å². The van der Waals surface area contributed by atoms with Gasteiger partial charge in [-0.25, -0.2) is 0 Å². The fourth-order valence-corrected chi connectivity index (χ4v) is 1.55. The molecule has 0 rings (SSSR count). The van der Waals surface area contributed by atoms with Gasteiger partial charge in [0.25, 0.3) is 0 Å². The van der Waals surface area contributed by atoms with Crippen molar-refractivity contribution < 1.29 is 33.1 Å². The van der Waals surface area contributed by atoms with Gasteiger partial charge in [0.05, 0.1) is 13.2 Å². The van der Waals surface area contributed by atoms with Gasteiger partial charge in [0.2, 0.25) is 0 Å². The minimum absolute atomic E-state index is 0. The Morgan fingerprint density at radius 2 is 1.43 bits per heavy atom. The summed E-state index contributed by atoms with van der Waals surface area (Å²) in [5.74, 6) is 0. The van der Waals surface area contributed by atoms with Crippen LogP contribution in [0.1, 0.15) is 46.0 Å². The smallest absolute Gasteiger partial charge is 0.311 e. The zero-order valence-electron chi connectivity index (χ0n) is 9.38. The van der Waals surface area contributed by atoms with E-state index in [-0.39, 0.29) is 19.5 Å². The zero-order chi connectivity index (χ0) is 9.94. The van der Waals surface area contributed by atoms with E-state index in [2.05, 4.69) is 13.8 Å². The fraction of sp³-hybridized carbons (Fsp3) is 1.00. The van der Waals surface area contributed by atoms with Crippen LogP contribution in [-0.2, 0) is 33.1 Å². The molecule has 0 bridgehead atoms. The molecule has 0 saturated carbocycles. The van der Waals surface area contributed by atoms with Crippen molar-refractivity contribution in [2.45, 2.75) is 46.0 Å². The van der Waals surface area contributed by atoms with E-state index in [1.165, 1.54) is 0 Å². The van der Waals surface area contributed by atoms with Crippen molar-refractivity contribution in [1.82, 2.24) is 0 Å². The molecular formula is C9H21O3PZn. The SMILES string of the molecule is CCCCCO[PH](=O)OCCCC.[Zn]. The number of unbranched alkanes of at least 4 members (excludes halogenated alkanes) is 3. The first kappa shape index (κ1) is 17.2. The summed E-state index contributed by atoms with van der Waals surface area (Å²) < 4.78 is 21.0. The second-order valence-electron chi connectivity index (χ2n) is 3.01. The predicted molar refractivity (Wildman–Crippen MR) is 55.3 cm³/mol. The van der Waals surface area contributed by atoms with E-state index in [1.54, 1.807) is 0 Å². The van der Waals surface area contributed by atoms with E-state index < -0.39 is 8.25 Å². The predicted octanol–water partition coefficient (Wildman–Crippen LogP) is 3.40. The van der Waals surface area contributed by atoms with Crippen molar-refractivity contribution >= 4 is 8.25 Å². The van der Waals surface area contributed by atoms with E-state index in [4.69, 9.17) is 9.05 Å². The van der Waals surface area contributed by atoms with Crippen LogP contribution in [0.25, 0.3) is 0 Å². The maximum absolute atomic E-state index is 11.0. The van der Waals surface area contributed by atoms with Gasteiger partial charge in [-0.1, -0.05) is 33.1 Å². The average molecular weight is 274 g/mol. The molecular weight excluding hydrogens is 252 g/mol. The van der Waals surface area contributed by atoms with Crippen LogP contribution < -0.4 is 0 Å². The molecule has 0 radical (unpaired) electrons. The van der Waals surface area contributed by atoms with Crippen LogP contribution in [0.4, 0.5) is 0 Å². The van der Waals surface area contributed by atoms with Crippen molar-refractivity contribution in [2.24, 2.45) is 0 Å². The molecule has 82 valence electrons. The van der Waals surface area contributed by atoms with Gasteiger partial charge in [-0.05, 0) is 12.8 Å². The average Bonchev–Trinajstić information content (AvgIpc) is 2.13. The summed E-state index contributed by atoms with van der Waals surface area (Å²) in [5, 5.41) is 0. The van der Waals surface area contributed by atoms with Crippen LogP contribution in [-0.4, -0.2) is 13.2 Å². The Labute approximate surface area is 101 Å². The normalized spacial score (nSPS) is 12.1. The van der Waals surface area contributed by atoms with Gasteiger partial charge in [0.15, 0.2) is 0 Å². The van der Waals surface area contributed by atoms with Crippen LogP contribution in [0.3, 0.4) is 0 Å². The summed E-state index contributed by atoms with van der Waals surface area (Å²) in [6.45, 7) is 5.32. The summed E-state index contributed by atoms with van der Waals surface area (Å²) in [6, 6.07) is 0. The molecule has 0 aliphatic rings. The molecule has 0 saturated heterocycles. The number of hydrogen-bond donors (Lipinski definition) is 0. The van der Waals surface area contributed by atoms with Crippen molar-refractivity contribution in [1.29, 1.82) is 0 Å². The first-order valence-corrected chi connectivity index (χ1v) is 6.33. The van der Waals surface area contributed by atoms with Crippen molar-refractivity contribution in [3.8, 4) is 0 Å². The Balaban J connectivity index is 0. The molecule has 0 N–H and O–H groups in total. The third-order valence-corrected chi connectivity index (χ3v) is 2.57. The Hall–Kier alpha value is 0.773. The molecule has 0 spiro atoms. The maximum atomic E-state index is 11.0. The largest absolute Gasteiger partial charge is 0.319 e. The van der Waals surface area contributed by atoms with Crippen LogP contribution in [0, 0.1) is 0 Å². The first-order chi connectivity index (χ1) is 6.31. The molecule has 0 amide bonds. The molecule has 0 aliphatic heterocycles. The van der Waals surface area contributed by atoms with Crippen molar-refractivity contribution in [2.75, 3.05) is 13.2 Å². The topological polar surface area (TPSA) is 35.5 Å². The minimum atomic E-state index is -2.19. The summed E-state index contributed by atoms with van der Waals surface area (Å²) in [4.78, 5) is 0. The Morgan fingerprint density at radius 1 is 0.929 bits per heavy atom. The van der Waals surface area contributed by atoms with Gasteiger partial charge in [-0.3, -0.25) is 4.57 Å². The van der Waals surface area contributed by atoms with Crippen LogP contribution in [0.2, 0.25) is 0 Å². The number of hydrogen-bond acceptors (Lipinski definition) is 3. The molecule has 0 aromatic heterocycles. The standard InChI is InChI=1S/C9H21O3P.Zn/c1-3-5-7-9-12-13(10)11-8-6-4-2;/h13H,3-9H2,1-2H3;. The molecule has 14 heavy (non-hydrogen) atoms. The second-order valence-corrected chi connectivity index (χ2v) is 4.08. The molecule has 0 fully saturated rings. The summed E-state index contributed by atoms with van der Waals surface area (Å²) in [5.41, 5.74) is 0. The summed E-state index contributed by atoms with van der Waals surface area (Å²) in [7, 11) is -2.19. The molecule has 1 atom stereocenters. The number of rotatable bonds is 9. The van der Waals surface area contributed by atoms with Crippen LogP contribution in [0.5, 0.6) is 0 Å². The molecule has 0 aliphatic carbocycles. The van der Waals surface area contributed by atoms with Crippen molar-refractivity contribution in [3.63, 3.8) is 0 Å². The maximum Gasteiger partial charge on any atom is 0.319 e. The second kappa shape index (κ2) is 13.8. The monoisotopic (exact) mass is 272 g/mol. The molecule has 5 heteroatoms. The molecule has 3 nitrogen and oxygen atoms in total. The fourth-order valence-electron chi connectivity index (χ4n) is 0.849. The van der Waals surface area contributed by atoms with E-state index in [9.17, 15) is 4.57 Å². The summed E-state index contributed by atoms with van der Waals surface area (Å²) >= 11 is 0. The third-order valence-electron chi connectivity index (χ3n) is 1.69. The van der Waals surface area contributed by atoms with E-state index in [0.717, 1.165) is 32.1 Å². The van der Waals surface area contributed by atoms with Gasteiger partial charge in [0, 0.05) is 19.5 Å². The van der Waals surface area contributed by atoms with Gasteiger partial charge < -0.3 is 9.05 Å². The first-order valence-electron chi connectivity index (χ1n) is 5.10. The Morgan fingerprint density at radius 3 is 1.93 bits per heavy atom. The zero-order valence-corrected chi connectivity index (χ0v) is 13.3. The van der Waals surface area contributed by atoms with E-state index >= 15 is 0 Å². The van der Waals surface area contributed by atoms with Crippen LogP contribution in [0.15, 0.2) is 0 Å². The molecule has 0 aromatic rings. The third kappa shape index (κ3) is 12.8. The van der Waals surface area contributed by atoms with Gasteiger partial charge in [-0.15, -0.1) is 0 Å². The van der Waals surface area contributed by atoms with E-state index in [1.807, 2.05) is 0 Å². The van der Waals surface area contributed by atoms with Gasteiger partial charge in [-0.2, -0.15) is 0 Å². The Bertz CT molecular complexity index is 133.